The van der Waals surface area contributed by atoms with E-state index in [1.165, 1.54) is 11.3 Å². The van der Waals surface area contributed by atoms with Gasteiger partial charge in [0, 0.05) is 26.2 Å². The first-order chi connectivity index (χ1) is 14.7. The van der Waals surface area contributed by atoms with Gasteiger partial charge in [-0.3, -0.25) is 14.4 Å². The molecule has 1 N–H and O–H groups in total. The number of benzene rings is 1. The lowest BCUT2D eigenvalue weighted by molar-refractivity contribution is -0.143. The first-order valence-electron chi connectivity index (χ1n) is 10.7. The molecule has 0 spiro atoms. The van der Waals surface area contributed by atoms with Crippen LogP contribution in [0.15, 0.2) is 47.8 Å². The van der Waals surface area contributed by atoms with Crippen LogP contribution in [0, 0.1) is 5.92 Å². The van der Waals surface area contributed by atoms with Crippen LogP contribution in [0.1, 0.15) is 42.9 Å². The third-order valence-electron chi connectivity index (χ3n) is 5.87. The first kappa shape index (κ1) is 23.0. The molecule has 2 heterocycles. The van der Waals surface area contributed by atoms with E-state index >= 15 is 0 Å². The molecule has 3 amide bonds. The van der Waals surface area contributed by atoms with E-state index in [0.29, 0.717) is 31.1 Å². The minimum atomic E-state index is -0.622. The van der Waals surface area contributed by atoms with Crippen LogP contribution in [0.5, 0.6) is 0 Å². The molecule has 1 aromatic heterocycles. The fraction of sp³-hybridized carbons (Fsp3) is 0.458. The molecule has 1 atom stereocenters. The minimum Gasteiger partial charge on any atom is -0.339 e. The van der Waals surface area contributed by atoms with Crippen molar-refractivity contribution in [3.05, 3.63) is 58.3 Å². The number of hydrogen-bond acceptors (Lipinski definition) is 4. The summed E-state index contributed by atoms with van der Waals surface area (Å²) in [6, 6.07) is 12.8. The molecule has 7 heteroatoms. The van der Waals surface area contributed by atoms with Gasteiger partial charge >= 0.3 is 0 Å². The summed E-state index contributed by atoms with van der Waals surface area (Å²) < 4.78 is 0. The summed E-state index contributed by atoms with van der Waals surface area (Å²) in [6.07, 6.45) is 0. The highest BCUT2D eigenvalue weighted by Gasteiger charge is 2.37. The summed E-state index contributed by atoms with van der Waals surface area (Å²) in [5, 5.41) is 4.74. The standard InChI is InChI=1S/C24H31N3O3S/c1-17(2)20(25-21(28)19-11-8-16-31-19)22(29)26-12-14-27(15-13-26)23(30)24(3,4)18-9-6-5-7-10-18/h5-11,16-17,20H,12-15H2,1-4H3,(H,25,28). The van der Waals surface area contributed by atoms with Gasteiger partial charge in [0.05, 0.1) is 10.3 Å². The van der Waals surface area contributed by atoms with Gasteiger partial charge in [-0.2, -0.15) is 0 Å². The molecular formula is C24H31N3O3S. The van der Waals surface area contributed by atoms with Crippen molar-refractivity contribution in [2.45, 2.75) is 39.2 Å². The number of carbonyl (C=O) groups excluding carboxylic acids is 3. The summed E-state index contributed by atoms with van der Waals surface area (Å²) in [5.41, 5.74) is 0.359. The van der Waals surface area contributed by atoms with Crippen LogP contribution in [0.25, 0.3) is 0 Å². The van der Waals surface area contributed by atoms with Gasteiger partial charge < -0.3 is 15.1 Å². The number of amides is 3. The number of rotatable bonds is 6. The number of carbonyl (C=O) groups is 3. The molecule has 2 aromatic rings. The van der Waals surface area contributed by atoms with Crippen molar-refractivity contribution in [1.29, 1.82) is 0 Å². The molecule has 1 aliphatic rings. The molecule has 6 nitrogen and oxygen atoms in total. The highest BCUT2D eigenvalue weighted by molar-refractivity contribution is 7.12. The van der Waals surface area contributed by atoms with Crippen molar-refractivity contribution in [3.8, 4) is 0 Å². The van der Waals surface area contributed by atoms with Crippen molar-refractivity contribution in [1.82, 2.24) is 15.1 Å². The van der Waals surface area contributed by atoms with E-state index < -0.39 is 11.5 Å². The Morgan fingerprint density at radius 2 is 1.55 bits per heavy atom. The number of thiophene rings is 1. The summed E-state index contributed by atoms with van der Waals surface area (Å²) in [4.78, 5) is 43.0. The predicted molar refractivity (Wildman–Crippen MR) is 123 cm³/mol. The minimum absolute atomic E-state index is 0.0342. The average molecular weight is 442 g/mol. The molecule has 1 aromatic carbocycles. The topological polar surface area (TPSA) is 69.7 Å². The molecular weight excluding hydrogens is 410 g/mol. The maximum atomic E-state index is 13.2. The normalized spacial score (nSPS) is 15.6. The van der Waals surface area contributed by atoms with Crippen LogP contribution < -0.4 is 5.32 Å². The number of nitrogens with zero attached hydrogens (tertiary/aromatic N) is 2. The fourth-order valence-electron chi connectivity index (χ4n) is 3.83. The van der Waals surface area contributed by atoms with Gasteiger partial charge in [0.2, 0.25) is 11.8 Å². The SMILES string of the molecule is CC(C)C(NC(=O)c1cccs1)C(=O)N1CCN(C(=O)C(C)(C)c2ccccc2)CC1. The van der Waals surface area contributed by atoms with E-state index in [1.54, 1.807) is 11.0 Å². The third-order valence-corrected chi connectivity index (χ3v) is 6.74. The van der Waals surface area contributed by atoms with Gasteiger partial charge in [0.1, 0.15) is 6.04 Å². The quantitative estimate of drug-likeness (QED) is 0.749. The Kier molecular flexibility index (Phi) is 7.15. The first-order valence-corrected chi connectivity index (χ1v) is 11.6. The zero-order valence-corrected chi connectivity index (χ0v) is 19.4. The van der Waals surface area contributed by atoms with Gasteiger partial charge in [-0.25, -0.2) is 0 Å². The van der Waals surface area contributed by atoms with E-state index in [9.17, 15) is 14.4 Å². The Morgan fingerprint density at radius 1 is 0.935 bits per heavy atom. The van der Waals surface area contributed by atoms with E-state index in [0.717, 1.165) is 5.56 Å². The Balaban J connectivity index is 1.61. The lowest BCUT2D eigenvalue weighted by Gasteiger charge is -2.40. The molecule has 0 aliphatic carbocycles. The van der Waals surface area contributed by atoms with Crippen molar-refractivity contribution >= 4 is 29.1 Å². The Hall–Kier alpha value is -2.67. The molecule has 1 saturated heterocycles. The molecule has 31 heavy (non-hydrogen) atoms. The van der Waals surface area contributed by atoms with Crippen LogP contribution in [0.2, 0.25) is 0 Å². The summed E-state index contributed by atoms with van der Waals surface area (Å²) in [5.74, 6) is -0.278. The van der Waals surface area contributed by atoms with Gasteiger partial charge in [0.15, 0.2) is 0 Å². The largest absolute Gasteiger partial charge is 0.339 e. The molecule has 0 saturated carbocycles. The second kappa shape index (κ2) is 9.64. The van der Waals surface area contributed by atoms with Crippen LogP contribution in [-0.2, 0) is 15.0 Å². The molecule has 0 radical (unpaired) electrons. The van der Waals surface area contributed by atoms with E-state index in [-0.39, 0.29) is 23.6 Å². The van der Waals surface area contributed by atoms with Crippen LogP contribution in [0.3, 0.4) is 0 Å². The monoisotopic (exact) mass is 441 g/mol. The van der Waals surface area contributed by atoms with Gasteiger partial charge in [-0.05, 0) is 36.8 Å². The number of hydrogen-bond donors (Lipinski definition) is 1. The fourth-order valence-corrected chi connectivity index (χ4v) is 4.46. The Morgan fingerprint density at radius 3 is 2.10 bits per heavy atom. The lowest BCUT2D eigenvalue weighted by Crippen LogP contribution is -2.58. The third kappa shape index (κ3) is 5.15. The lowest BCUT2D eigenvalue weighted by atomic mass is 9.83. The van der Waals surface area contributed by atoms with Crippen LogP contribution >= 0.6 is 11.3 Å². The molecule has 1 aliphatic heterocycles. The molecule has 1 unspecified atom stereocenters. The highest BCUT2D eigenvalue weighted by Crippen LogP contribution is 2.26. The number of piperazine rings is 1. The average Bonchev–Trinajstić information content (AvgIpc) is 3.32. The van der Waals surface area contributed by atoms with Crippen molar-refractivity contribution in [2.24, 2.45) is 5.92 Å². The zero-order valence-electron chi connectivity index (χ0n) is 18.6. The molecule has 166 valence electrons. The van der Waals surface area contributed by atoms with E-state index in [4.69, 9.17) is 0 Å². The van der Waals surface area contributed by atoms with Gasteiger partial charge in [-0.1, -0.05) is 50.2 Å². The van der Waals surface area contributed by atoms with Crippen molar-refractivity contribution in [3.63, 3.8) is 0 Å². The van der Waals surface area contributed by atoms with Crippen molar-refractivity contribution < 1.29 is 14.4 Å². The molecule has 1 fully saturated rings. The zero-order chi connectivity index (χ0) is 22.6. The number of nitrogens with one attached hydrogen (secondary N) is 1. The smallest absolute Gasteiger partial charge is 0.262 e. The maximum absolute atomic E-state index is 13.2. The van der Waals surface area contributed by atoms with E-state index in [1.807, 2.05) is 74.4 Å². The molecule has 0 bridgehead atoms. The summed E-state index contributed by atoms with van der Waals surface area (Å²) in [6.45, 7) is 9.66. The Bertz CT molecular complexity index is 901. The predicted octanol–water partition coefficient (Wildman–Crippen LogP) is 3.15. The van der Waals surface area contributed by atoms with Crippen LogP contribution in [0.4, 0.5) is 0 Å². The van der Waals surface area contributed by atoms with Crippen molar-refractivity contribution in [2.75, 3.05) is 26.2 Å². The summed E-state index contributed by atoms with van der Waals surface area (Å²) >= 11 is 1.35. The second-order valence-corrected chi connectivity index (χ2v) is 9.73. The van der Waals surface area contributed by atoms with E-state index in [2.05, 4.69) is 5.32 Å². The van der Waals surface area contributed by atoms with Gasteiger partial charge in [-0.15, -0.1) is 11.3 Å². The summed E-state index contributed by atoms with van der Waals surface area (Å²) in [7, 11) is 0. The van der Waals surface area contributed by atoms with Gasteiger partial charge in [0.25, 0.3) is 5.91 Å². The maximum Gasteiger partial charge on any atom is 0.262 e. The second-order valence-electron chi connectivity index (χ2n) is 8.78. The Labute approximate surface area is 188 Å². The van der Waals surface area contributed by atoms with Crippen LogP contribution in [-0.4, -0.2) is 59.7 Å². The molecule has 3 rings (SSSR count). The highest BCUT2D eigenvalue weighted by atomic mass is 32.1.